The number of alkyl halides is 3. The van der Waals surface area contributed by atoms with E-state index in [9.17, 15) is 13.2 Å². The van der Waals surface area contributed by atoms with Gasteiger partial charge in [-0.2, -0.15) is 13.2 Å². The first kappa shape index (κ1) is 15.5. The lowest BCUT2D eigenvalue weighted by Gasteiger charge is -2.18. The van der Waals surface area contributed by atoms with Crippen LogP contribution in [0.3, 0.4) is 0 Å². The molecule has 2 nitrogen and oxygen atoms in total. The van der Waals surface area contributed by atoms with Crippen molar-refractivity contribution in [1.82, 2.24) is 10.3 Å². The molecule has 0 aliphatic carbocycles. The van der Waals surface area contributed by atoms with Crippen molar-refractivity contribution in [3.8, 4) is 0 Å². The number of nitrogens with one attached hydrogen (secondary N) is 1. The van der Waals surface area contributed by atoms with Crippen molar-refractivity contribution in [2.45, 2.75) is 25.6 Å². The summed E-state index contributed by atoms with van der Waals surface area (Å²) in [4.78, 5) is 4.13. The summed E-state index contributed by atoms with van der Waals surface area (Å²) in [5, 5.41) is 3.14. The fraction of sp³-hybridized carbons (Fsp3) is 0.312. The molecule has 2 aromatic rings. The van der Waals surface area contributed by atoms with Gasteiger partial charge in [-0.15, -0.1) is 0 Å². The molecule has 0 saturated heterocycles. The predicted octanol–water partition coefficient (Wildman–Crippen LogP) is 3.91. The van der Waals surface area contributed by atoms with Crippen LogP contribution in [-0.2, 0) is 12.6 Å². The summed E-state index contributed by atoms with van der Waals surface area (Å²) in [5.41, 5.74) is 1.94. The first-order valence-corrected chi connectivity index (χ1v) is 6.66. The van der Waals surface area contributed by atoms with Crippen molar-refractivity contribution in [1.29, 1.82) is 0 Å². The zero-order valence-corrected chi connectivity index (χ0v) is 11.9. The smallest absolute Gasteiger partial charge is 0.313 e. The van der Waals surface area contributed by atoms with E-state index in [0.717, 1.165) is 17.3 Å². The number of nitrogens with zero attached hydrogens (tertiary/aromatic N) is 1. The van der Waals surface area contributed by atoms with Gasteiger partial charge in [0, 0.05) is 17.9 Å². The topological polar surface area (TPSA) is 24.9 Å². The SMILES string of the molecule is CNC(Cc1cccc(C(F)(F)F)c1)c1ccnc(C)c1. The van der Waals surface area contributed by atoms with Crippen molar-refractivity contribution in [3.63, 3.8) is 0 Å². The van der Waals surface area contributed by atoms with Crippen LogP contribution in [0, 0.1) is 6.92 Å². The zero-order chi connectivity index (χ0) is 15.5. The Morgan fingerprint density at radius 1 is 1.19 bits per heavy atom. The number of likely N-dealkylation sites (N-methyl/N-ethyl adjacent to an activating group) is 1. The minimum absolute atomic E-state index is 0.0461. The molecule has 1 aromatic heterocycles. The molecule has 0 spiro atoms. The molecule has 1 aromatic carbocycles. The quantitative estimate of drug-likeness (QED) is 0.924. The summed E-state index contributed by atoms with van der Waals surface area (Å²) in [6.07, 6.45) is -2.11. The number of hydrogen-bond donors (Lipinski definition) is 1. The first-order valence-electron chi connectivity index (χ1n) is 6.66. The molecule has 0 aliphatic rings. The Bertz CT molecular complexity index is 608. The molecule has 0 saturated carbocycles. The number of aryl methyl sites for hydroxylation is 1. The van der Waals surface area contributed by atoms with E-state index in [2.05, 4.69) is 10.3 Å². The molecular formula is C16H17F3N2. The summed E-state index contributed by atoms with van der Waals surface area (Å²) in [7, 11) is 1.80. The van der Waals surface area contributed by atoms with E-state index >= 15 is 0 Å². The van der Waals surface area contributed by atoms with E-state index in [1.165, 1.54) is 12.1 Å². The fourth-order valence-corrected chi connectivity index (χ4v) is 2.28. The number of rotatable bonds is 4. The molecule has 1 unspecified atom stereocenters. The maximum Gasteiger partial charge on any atom is 0.416 e. The highest BCUT2D eigenvalue weighted by Crippen LogP contribution is 2.30. The van der Waals surface area contributed by atoms with E-state index in [4.69, 9.17) is 0 Å². The van der Waals surface area contributed by atoms with Crippen LogP contribution in [0.5, 0.6) is 0 Å². The standard InChI is InChI=1S/C16H17F3N2/c1-11-8-13(6-7-21-11)15(20-2)10-12-4-3-5-14(9-12)16(17,18)19/h3-9,15,20H,10H2,1-2H3. The fourth-order valence-electron chi connectivity index (χ4n) is 2.28. The van der Waals surface area contributed by atoms with Crippen LogP contribution in [0.1, 0.15) is 28.4 Å². The molecule has 0 amide bonds. The average molecular weight is 294 g/mol. The van der Waals surface area contributed by atoms with Crippen LogP contribution in [0.2, 0.25) is 0 Å². The third-order valence-electron chi connectivity index (χ3n) is 3.37. The van der Waals surface area contributed by atoms with Gasteiger partial charge < -0.3 is 5.32 Å². The maximum atomic E-state index is 12.7. The summed E-state index contributed by atoms with van der Waals surface area (Å²) in [6, 6.07) is 9.23. The van der Waals surface area contributed by atoms with Crippen molar-refractivity contribution in [2.24, 2.45) is 0 Å². The summed E-state index contributed by atoms with van der Waals surface area (Å²) < 4.78 is 38.2. The first-order chi connectivity index (χ1) is 9.90. The summed E-state index contributed by atoms with van der Waals surface area (Å²) in [6.45, 7) is 1.89. The van der Waals surface area contributed by atoms with Gasteiger partial charge in [-0.3, -0.25) is 4.98 Å². The van der Waals surface area contributed by atoms with Crippen LogP contribution < -0.4 is 5.32 Å². The van der Waals surface area contributed by atoms with Crippen LogP contribution in [0.4, 0.5) is 13.2 Å². The second kappa shape index (κ2) is 6.26. The van der Waals surface area contributed by atoms with Crippen LogP contribution in [0.25, 0.3) is 0 Å². The maximum absolute atomic E-state index is 12.7. The van der Waals surface area contributed by atoms with Gasteiger partial charge in [0.25, 0.3) is 0 Å². The molecule has 0 bridgehead atoms. The highest BCUT2D eigenvalue weighted by Gasteiger charge is 2.30. The molecular weight excluding hydrogens is 277 g/mol. The number of aromatic nitrogens is 1. The lowest BCUT2D eigenvalue weighted by Crippen LogP contribution is -2.19. The molecule has 21 heavy (non-hydrogen) atoms. The predicted molar refractivity (Wildman–Crippen MR) is 75.9 cm³/mol. The van der Waals surface area contributed by atoms with Crippen molar-refractivity contribution in [2.75, 3.05) is 7.05 Å². The highest BCUT2D eigenvalue weighted by atomic mass is 19.4. The summed E-state index contributed by atoms with van der Waals surface area (Å²) in [5.74, 6) is 0. The number of hydrogen-bond acceptors (Lipinski definition) is 2. The van der Waals surface area contributed by atoms with Gasteiger partial charge in [0.1, 0.15) is 0 Å². The molecule has 0 radical (unpaired) electrons. The Kier molecular flexibility index (Phi) is 4.63. The largest absolute Gasteiger partial charge is 0.416 e. The average Bonchev–Trinajstić information content (AvgIpc) is 2.44. The van der Waals surface area contributed by atoms with Gasteiger partial charge in [0.05, 0.1) is 5.56 Å². The van der Waals surface area contributed by atoms with E-state index in [1.54, 1.807) is 19.3 Å². The van der Waals surface area contributed by atoms with Gasteiger partial charge in [-0.25, -0.2) is 0 Å². The highest BCUT2D eigenvalue weighted by molar-refractivity contribution is 5.28. The third kappa shape index (κ3) is 4.04. The number of benzene rings is 1. The third-order valence-corrected chi connectivity index (χ3v) is 3.37. The van der Waals surface area contributed by atoms with Gasteiger partial charge in [0.15, 0.2) is 0 Å². The van der Waals surface area contributed by atoms with Crippen molar-refractivity contribution in [3.05, 3.63) is 65.0 Å². The molecule has 0 aliphatic heterocycles. The number of pyridine rings is 1. The monoisotopic (exact) mass is 294 g/mol. The molecule has 112 valence electrons. The molecule has 1 atom stereocenters. The van der Waals surface area contributed by atoms with E-state index in [1.807, 2.05) is 19.1 Å². The van der Waals surface area contributed by atoms with E-state index < -0.39 is 11.7 Å². The summed E-state index contributed by atoms with van der Waals surface area (Å²) >= 11 is 0. The molecule has 5 heteroatoms. The van der Waals surface area contributed by atoms with Crippen LogP contribution >= 0.6 is 0 Å². The van der Waals surface area contributed by atoms with Crippen molar-refractivity contribution < 1.29 is 13.2 Å². The Morgan fingerprint density at radius 3 is 2.57 bits per heavy atom. The Balaban J connectivity index is 2.23. The number of halogens is 3. The lowest BCUT2D eigenvalue weighted by atomic mass is 9.98. The molecule has 2 rings (SSSR count). The van der Waals surface area contributed by atoms with Crippen LogP contribution in [0.15, 0.2) is 42.6 Å². The second-order valence-electron chi connectivity index (χ2n) is 4.97. The Hall–Kier alpha value is -1.88. The van der Waals surface area contributed by atoms with E-state index in [0.29, 0.717) is 12.0 Å². The normalized spacial score (nSPS) is 13.2. The molecule has 0 fully saturated rings. The minimum atomic E-state index is -4.31. The van der Waals surface area contributed by atoms with E-state index in [-0.39, 0.29) is 6.04 Å². The van der Waals surface area contributed by atoms with Crippen LogP contribution in [-0.4, -0.2) is 12.0 Å². The minimum Gasteiger partial charge on any atom is -0.313 e. The van der Waals surface area contributed by atoms with Gasteiger partial charge >= 0.3 is 6.18 Å². The lowest BCUT2D eigenvalue weighted by molar-refractivity contribution is -0.137. The zero-order valence-electron chi connectivity index (χ0n) is 11.9. The Labute approximate surface area is 122 Å². The second-order valence-corrected chi connectivity index (χ2v) is 4.97. The molecule has 1 N–H and O–H groups in total. The van der Waals surface area contributed by atoms with Crippen molar-refractivity contribution >= 4 is 0 Å². The molecule has 1 heterocycles. The van der Waals surface area contributed by atoms with Gasteiger partial charge in [-0.05, 0) is 49.7 Å². The van der Waals surface area contributed by atoms with Gasteiger partial charge in [0.2, 0.25) is 0 Å². The van der Waals surface area contributed by atoms with Gasteiger partial charge in [-0.1, -0.05) is 18.2 Å². The Morgan fingerprint density at radius 2 is 1.95 bits per heavy atom.